The van der Waals surface area contributed by atoms with Gasteiger partial charge in [-0.15, -0.1) is 0 Å². The Kier molecular flexibility index (Phi) is 3.64. The fourth-order valence-corrected chi connectivity index (χ4v) is 3.29. The summed E-state index contributed by atoms with van der Waals surface area (Å²) < 4.78 is 26.0. The average molecular weight is 298 g/mol. The molecule has 5 nitrogen and oxygen atoms in total. The van der Waals surface area contributed by atoms with Crippen molar-refractivity contribution >= 4 is 33.0 Å². The minimum atomic E-state index is -3.72. The van der Waals surface area contributed by atoms with Crippen LogP contribution in [-0.2, 0) is 10.0 Å². The molecule has 0 fully saturated rings. The summed E-state index contributed by atoms with van der Waals surface area (Å²) in [6.45, 7) is 0. The molecule has 0 amide bonds. The number of rotatable bonds is 3. The van der Waals surface area contributed by atoms with Crippen molar-refractivity contribution in [1.82, 2.24) is 4.98 Å². The van der Waals surface area contributed by atoms with Gasteiger partial charge in [-0.2, -0.15) is 0 Å². The van der Waals surface area contributed by atoms with Gasteiger partial charge in [-0.05, 0) is 30.3 Å². The van der Waals surface area contributed by atoms with E-state index in [1.165, 1.54) is 37.6 Å². The fraction of sp³-hybridized carbons (Fsp3) is 0.0833. The highest BCUT2D eigenvalue weighted by molar-refractivity contribution is 7.93. The van der Waals surface area contributed by atoms with E-state index in [9.17, 15) is 8.42 Å². The third kappa shape index (κ3) is 2.64. The first-order chi connectivity index (χ1) is 8.93. The molecule has 0 aliphatic heterocycles. The molecule has 2 N–H and O–H groups in total. The Morgan fingerprint density at radius 1 is 1.21 bits per heavy atom. The van der Waals surface area contributed by atoms with Crippen LogP contribution < -0.4 is 10.0 Å². The molecular formula is C12H12ClN3O2S. The van der Waals surface area contributed by atoms with Crippen LogP contribution in [0.2, 0.25) is 5.02 Å². The zero-order valence-electron chi connectivity index (χ0n) is 10.1. The summed E-state index contributed by atoms with van der Waals surface area (Å²) in [5, 5.41) is 0.0981. The zero-order valence-corrected chi connectivity index (χ0v) is 11.7. The number of sulfonamides is 1. The highest BCUT2D eigenvalue weighted by Crippen LogP contribution is 2.28. The third-order valence-electron chi connectivity index (χ3n) is 2.62. The second-order valence-corrected chi connectivity index (χ2v) is 6.21. The number of nitrogens with zero attached hydrogens (tertiary/aromatic N) is 2. The Labute approximate surface area is 116 Å². The van der Waals surface area contributed by atoms with Gasteiger partial charge in [-0.25, -0.2) is 8.42 Å². The SMILES string of the molecule is CN(c1ccncc1)S(=O)(=O)c1ccc(N)cc1Cl. The number of nitrogens with two attached hydrogens (primary N) is 1. The number of nitrogen functional groups attached to an aromatic ring is 1. The molecule has 1 heterocycles. The van der Waals surface area contributed by atoms with Gasteiger partial charge in [0.1, 0.15) is 4.90 Å². The maximum Gasteiger partial charge on any atom is 0.265 e. The lowest BCUT2D eigenvalue weighted by Gasteiger charge is -2.20. The van der Waals surface area contributed by atoms with Crippen molar-refractivity contribution in [2.24, 2.45) is 0 Å². The van der Waals surface area contributed by atoms with Crippen molar-refractivity contribution in [3.8, 4) is 0 Å². The van der Waals surface area contributed by atoms with Gasteiger partial charge in [0.2, 0.25) is 0 Å². The number of anilines is 2. The second-order valence-electron chi connectivity index (χ2n) is 3.87. The molecule has 2 rings (SSSR count). The van der Waals surface area contributed by atoms with Gasteiger partial charge >= 0.3 is 0 Å². The quantitative estimate of drug-likeness (QED) is 0.881. The summed E-state index contributed by atoms with van der Waals surface area (Å²) in [4.78, 5) is 3.86. The van der Waals surface area contributed by atoms with E-state index in [1.54, 1.807) is 12.1 Å². The van der Waals surface area contributed by atoms with Crippen molar-refractivity contribution in [3.63, 3.8) is 0 Å². The molecular weight excluding hydrogens is 286 g/mol. The number of aromatic nitrogens is 1. The lowest BCUT2D eigenvalue weighted by Crippen LogP contribution is -2.26. The largest absolute Gasteiger partial charge is 0.399 e. The first kappa shape index (κ1) is 13.6. The molecule has 1 aromatic carbocycles. The molecule has 0 aliphatic carbocycles. The molecule has 0 saturated heterocycles. The van der Waals surface area contributed by atoms with E-state index in [4.69, 9.17) is 17.3 Å². The molecule has 0 radical (unpaired) electrons. The van der Waals surface area contributed by atoms with E-state index >= 15 is 0 Å². The van der Waals surface area contributed by atoms with E-state index in [0.717, 1.165) is 4.31 Å². The molecule has 1 aromatic heterocycles. The number of benzene rings is 1. The first-order valence-electron chi connectivity index (χ1n) is 5.37. The molecule has 0 bridgehead atoms. The monoisotopic (exact) mass is 297 g/mol. The van der Waals surface area contributed by atoms with Crippen molar-refractivity contribution in [2.75, 3.05) is 17.1 Å². The maximum atomic E-state index is 12.4. The van der Waals surface area contributed by atoms with Crippen LogP contribution in [0, 0.1) is 0 Å². The Morgan fingerprint density at radius 2 is 1.84 bits per heavy atom. The summed E-state index contributed by atoms with van der Waals surface area (Å²) in [6, 6.07) is 7.50. The Morgan fingerprint density at radius 3 is 2.42 bits per heavy atom. The van der Waals surface area contributed by atoms with Gasteiger partial charge < -0.3 is 5.73 Å². The van der Waals surface area contributed by atoms with Crippen molar-refractivity contribution < 1.29 is 8.42 Å². The Bertz CT molecular complexity index is 689. The minimum absolute atomic E-state index is 0.0164. The van der Waals surface area contributed by atoms with Gasteiger partial charge in [0.25, 0.3) is 10.0 Å². The topological polar surface area (TPSA) is 76.3 Å². The lowest BCUT2D eigenvalue weighted by atomic mass is 10.3. The summed E-state index contributed by atoms with van der Waals surface area (Å²) in [6.07, 6.45) is 3.04. The summed E-state index contributed by atoms with van der Waals surface area (Å²) in [7, 11) is -2.27. The standard InChI is InChI=1S/C12H12ClN3O2S/c1-16(10-4-6-15-7-5-10)19(17,18)12-3-2-9(14)8-11(12)13/h2-8H,14H2,1H3. The first-order valence-corrected chi connectivity index (χ1v) is 7.18. The van der Waals surface area contributed by atoms with Gasteiger partial charge in [-0.1, -0.05) is 11.6 Å². The predicted octanol–water partition coefficient (Wildman–Crippen LogP) is 2.14. The molecule has 19 heavy (non-hydrogen) atoms. The molecule has 2 aromatic rings. The summed E-state index contributed by atoms with van der Waals surface area (Å²) >= 11 is 5.95. The summed E-state index contributed by atoms with van der Waals surface area (Å²) in [5.74, 6) is 0. The lowest BCUT2D eigenvalue weighted by molar-refractivity contribution is 0.594. The highest BCUT2D eigenvalue weighted by atomic mass is 35.5. The molecule has 0 saturated carbocycles. The van der Waals surface area contributed by atoms with Crippen LogP contribution in [0.4, 0.5) is 11.4 Å². The van der Waals surface area contributed by atoms with Crippen LogP contribution in [0.3, 0.4) is 0 Å². The number of hydrogen-bond donors (Lipinski definition) is 1. The van der Waals surface area contributed by atoms with Crippen LogP contribution >= 0.6 is 11.6 Å². The van der Waals surface area contributed by atoms with Crippen molar-refractivity contribution in [3.05, 3.63) is 47.7 Å². The summed E-state index contributed by atoms with van der Waals surface area (Å²) in [5.41, 5.74) is 6.47. The van der Waals surface area contributed by atoms with Crippen LogP contribution in [0.5, 0.6) is 0 Å². The van der Waals surface area contributed by atoms with Crippen molar-refractivity contribution in [1.29, 1.82) is 0 Å². The Balaban J connectivity index is 2.48. The van der Waals surface area contributed by atoms with Crippen LogP contribution in [-0.4, -0.2) is 20.4 Å². The molecule has 7 heteroatoms. The van der Waals surface area contributed by atoms with E-state index in [2.05, 4.69) is 4.98 Å². The van der Waals surface area contributed by atoms with E-state index in [-0.39, 0.29) is 9.92 Å². The van der Waals surface area contributed by atoms with Gasteiger partial charge in [0.15, 0.2) is 0 Å². The van der Waals surface area contributed by atoms with Gasteiger partial charge in [-0.3, -0.25) is 9.29 Å². The average Bonchev–Trinajstić information content (AvgIpc) is 2.38. The second kappa shape index (κ2) is 5.07. The predicted molar refractivity (Wildman–Crippen MR) is 75.7 cm³/mol. The minimum Gasteiger partial charge on any atom is -0.399 e. The molecule has 0 spiro atoms. The normalized spacial score (nSPS) is 11.3. The number of pyridine rings is 1. The van der Waals surface area contributed by atoms with Crippen LogP contribution in [0.1, 0.15) is 0 Å². The van der Waals surface area contributed by atoms with Gasteiger partial charge in [0.05, 0.1) is 10.7 Å². The molecule has 0 aliphatic rings. The third-order valence-corrected chi connectivity index (χ3v) is 4.89. The molecule has 0 atom stereocenters. The van der Waals surface area contributed by atoms with Crippen molar-refractivity contribution in [2.45, 2.75) is 4.90 Å². The molecule has 0 unspecified atom stereocenters. The van der Waals surface area contributed by atoms with E-state index < -0.39 is 10.0 Å². The van der Waals surface area contributed by atoms with E-state index in [0.29, 0.717) is 11.4 Å². The number of hydrogen-bond acceptors (Lipinski definition) is 4. The Hall–Kier alpha value is -1.79. The smallest absolute Gasteiger partial charge is 0.265 e. The zero-order chi connectivity index (χ0) is 14.0. The molecule has 100 valence electrons. The van der Waals surface area contributed by atoms with E-state index in [1.807, 2.05) is 0 Å². The maximum absolute atomic E-state index is 12.4. The van der Waals surface area contributed by atoms with Crippen LogP contribution in [0.15, 0.2) is 47.6 Å². The van der Waals surface area contributed by atoms with Crippen LogP contribution in [0.25, 0.3) is 0 Å². The number of halogens is 1. The van der Waals surface area contributed by atoms with Gasteiger partial charge in [0, 0.05) is 25.1 Å². The highest BCUT2D eigenvalue weighted by Gasteiger charge is 2.23. The fourth-order valence-electron chi connectivity index (χ4n) is 1.57.